The van der Waals surface area contributed by atoms with Gasteiger partial charge in [-0.3, -0.25) is 0 Å². The number of aromatic nitrogens is 4. The molecule has 0 aliphatic rings. The molecular weight excluding hydrogens is 244 g/mol. The van der Waals surface area contributed by atoms with E-state index in [4.69, 9.17) is 9.47 Å². The van der Waals surface area contributed by atoms with Gasteiger partial charge in [0, 0.05) is 5.56 Å². The van der Waals surface area contributed by atoms with Crippen LogP contribution < -0.4 is 9.47 Å². The van der Waals surface area contributed by atoms with E-state index in [-0.39, 0.29) is 0 Å². The van der Waals surface area contributed by atoms with Crippen LogP contribution in [-0.2, 0) is 6.54 Å². The number of tetrazole rings is 1. The lowest BCUT2D eigenvalue weighted by atomic mass is 10.2. The maximum Gasteiger partial charge on any atom is 0.205 e. The van der Waals surface area contributed by atoms with E-state index in [9.17, 15) is 0 Å². The molecular formula is C13H14N4O2. The van der Waals surface area contributed by atoms with Crippen LogP contribution in [0.1, 0.15) is 6.92 Å². The first kappa shape index (κ1) is 12.9. The Morgan fingerprint density at radius 3 is 2.68 bits per heavy atom. The van der Waals surface area contributed by atoms with Crippen LogP contribution in [0, 0.1) is 11.8 Å². The zero-order chi connectivity index (χ0) is 13.7. The lowest BCUT2D eigenvalue weighted by Gasteiger charge is -2.07. The largest absolute Gasteiger partial charge is 0.493 e. The van der Waals surface area contributed by atoms with Crippen LogP contribution in [0.5, 0.6) is 11.5 Å². The van der Waals surface area contributed by atoms with Crippen molar-refractivity contribution in [3.05, 3.63) is 18.2 Å². The first-order valence-corrected chi connectivity index (χ1v) is 5.68. The number of benzene rings is 1. The molecule has 0 unspecified atom stereocenters. The number of rotatable bonds is 4. The maximum atomic E-state index is 5.24. The molecule has 0 atom stereocenters. The topological polar surface area (TPSA) is 62.1 Å². The molecule has 1 aromatic heterocycles. The number of methoxy groups -OCH3 is 2. The Bertz CT molecular complexity index is 625. The molecule has 6 heteroatoms. The molecule has 0 aliphatic heterocycles. The van der Waals surface area contributed by atoms with Gasteiger partial charge in [0.05, 0.1) is 14.2 Å². The number of nitrogens with zero attached hydrogens (tertiary/aromatic N) is 4. The van der Waals surface area contributed by atoms with Gasteiger partial charge < -0.3 is 9.47 Å². The van der Waals surface area contributed by atoms with Crippen LogP contribution in [0.4, 0.5) is 0 Å². The first-order chi connectivity index (χ1) is 9.28. The van der Waals surface area contributed by atoms with Crippen molar-refractivity contribution in [3.8, 4) is 34.7 Å². The average molecular weight is 258 g/mol. The van der Waals surface area contributed by atoms with Gasteiger partial charge in [-0.15, -0.1) is 16.1 Å². The smallest absolute Gasteiger partial charge is 0.205 e. The number of hydrogen-bond donors (Lipinski definition) is 0. The van der Waals surface area contributed by atoms with Crippen molar-refractivity contribution in [2.75, 3.05) is 14.2 Å². The van der Waals surface area contributed by atoms with Crippen LogP contribution in [-0.4, -0.2) is 34.4 Å². The molecule has 0 aliphatic carbocycles. The van der Waals surface area contributed by atoms with Gasteiger partial charge in [0.25, 0.3) is 0 Å². The predicted molar refractivity (Wildman–Crippen MR) is 69.8 cm³/mol. The summed E-state index contributed by atoms with van der Waals surface area (Å²) in [6, 6.07) is 5.47. The van der Waals surface area contributed by atoms with E-state index in [2.05, 4.69) is 27.3 Å². The molecule has 98 valence electrons. The Kier molecular flexibility index (Phi) is 3.98. The van der Waals surface area contributed by atoms with E-state index in [0.717, 1.165) is 5.56 Å². The Labute approximate surface area is 111 Å². The third kappa shape index (κ3) is 2.83. The highest BCUT2D eigenvalue weighted by molar-refractivity contribution is 5.60. The molecule has 1 heterocycles. The van der Waals surface area contributed by atoms with Crippen molar-refractivity contribution in [1.29, 1.82) is 0 Å². The van der Waals surface area contributed by atoms with Crippen molar-refractivity contribution in [2.45, 2.75) is 13.5 Å². The number of ether oxygens (including phenoxy) is 2. The number of hydrogen-bond acceptors (Lipinski definition) is 5. The molecule has 0 amide bonds. The predicted octanol–water partition coefficient (Wildman–Crippen LogP) is 1.38. The second-order valence-electron chi connectivity index (χ2n) is 3.64. The van der Waals surface area contributed by atoms with Crippen molar-refractivity contribution < 1.29 is 9.47 Å². The summed E-state index contributed by atoms with van der Waals surface area (Å²) in [5.74, 6) is 7.48. The van der Waals surface area contributed by atoms with E-state index < -0.39 is 0 Å². The highest BCUT2D eigenvalue weighted by atomic mass is 16.5. The highest BCUT2D eigenvalue weighted by Crippen LogP contribution is 2.30. The molecule has 0 bridgehead atoms. The monoisotopic (exact) mass is 258 g/mol. The Morgan fingerprint density at radius 2 is 2.00 bits per heavy atom. The quantitative estimate of drug-likeness (QED) is 0.775. The van der Waals surface area contributed by atoms with Gasteiger partial charge in [-0.05, 0) is 30.3 Å². The molecule has 0 N–H and O–H groups in total. The van der Waals surface area contributed by atoms with Gasteiger partial charge in [-0.2, -0.15) is 4.80 Å². The Balaban J connectivity index is 2.30. The molecule has 1 aromatic carbocycles. The minimum absolute atomic E-state index is 0.427. The third-order valence-electron chi connectivity index (χ3n) is 2.49. The minimum atomic E-state index is 0.427. The lowest BCUT2D eigenvalue weighted by Crippen LogP contribution is -2.00. The Morgan fingerprint density at radius 1 is 1.21 bits per heavy atom. The third-order valence-corrected chi connectivity index (χ3v) is 2.49. The molecule has 0 spiro atoms. The summed E-state index contributed by atoms with van der Waals surface area (Å²) < 4.78 is 10.4. The van der Waals surface area contributed by atoms with Crippen LogP contribution >= 0.6 is 0 Å². The van der Waals surface area contributed by atoms with Crippen LogP contribution in [0.2, 0.25) is 0 Å². The van der Waals surface area contributed by atoms with E-state index in [1.807, 2.05) is 12.1 Å². The average Bonchev–Trinajstić information content (AvgIpc) is 2.93. The minimum Gasteiger partial charge on any atom is -0.493 e. The zero-order valence-corrected chi connectivity index (χ0v) is 11.0. The fourth-order valence-corrected chi connectivity index (χ4v) is 1.55. The van der Waals surface area contributed by atoms with Gasteiger partial charge in [0.15, 0.2) is 11.5 Å². The summed E-state index contributed by atoms with van der Waals surface area (Å²) in [6.45, 7) is 2.20. The molecule has 6 nitrogen and oxygen atoms in total. The van der Waals surface area contributed by atoms with Crippen LogP contribution in [0.3, 0.4) is 0 Å². The van der Waals surface area contributed by atoms with Crippen LogP contribution in [0.25, 0.3) is 11.4 Å². The summed E-state index contributed by atoms with van der Waals surface area (Å²) in [5.41, 5.74) is 0.813. The van der Waals surface area contributed by atoms with Gasteiger partial charge in [-0.25, -0.2) is 0 Å². The molecule has 2 rings (SSSR count). The van der Waals surface area contributed by atoms with E-state index in [0.29, 0.717) is 23.9 Å². The summed E-state index contributed by atoms with van der Waals surface area (Å²) in [6.07, 6.45) is 0. The fourth-order valence-electron chi connectivity index (χ4n) is 1.55. The van der Waals surface area contributed by atoms with E-state index >= 15 is 0 Å². The second kappa shape index (κ2) is 5.87. The van der Waals surface area contributed by atoms with E-state index in [1.165, 1.54) is 4.80 Å². The maximum absolute atomic E-state index is 5.24. The van der Waals surface area contributed by atoms with Crippen molar-refractivity contribution in [3.63, 3.8) is 0 Å². The summed E-state index contributed by atoms with van der Waals surface area (Å²) in [4.78, 5) is 1.45. The zero-order valence-electron chi connectivity index (χ0n) is 11.0. The first-order valence-electron chi connectivity index (χ1n) is 5.68. The van der Waals surface area contributed by atoms with Gasteiger partial charge >= 0.3 is 0 Å². The molecule has 2 aromatic rings. The highest BCUT2D eigenvalue weighted by Gasteiger charge is 2.10. The van der Waals surface area contributed by atoms with Crippen molar-refractivity contribution in [1.82, 2.24) is 20.2 Å². The summed E-state index contributed by atoms with van der Waals surface area (Å²) >= 11 is 0. The molecule has 0 saturated carbocycles. The van der Waals surface area contributed by atoms with Gasteiger partial charge in [0.2, 0.25) is 5.82 Å². The summed E-state index contributed by atoms with van der Waals surface area (Å²) in [7, 11) is 3.18. The Hall–Kier alpha value is -2.55. The molecule has 0 radical (unpaired) electrons. The van der Waals surface area contributed by atoms with Crippen molar-refractivity contribution in [2.24, 2.45) is 0 Å². The van der Waals surface area contributed by atoms with Gasteiger partial charge in [0.1, 0.15) is 6.54 Å². The van der Waals surface area contributed by atoms with Gasteiger partial charge in [-0.1, -0.05) is 5.92 Å². The molecule has 19 heavy (non-hydrogen) atoms. The summed E-state index contributed by atoms with van der Waals surface area (Å²) in [5, 5.41) is 12.2. The normalized spacial score (nSPS) is 9.63. The lowest BCUT2D eigenvalue weighted by molar-refractivity contribution is 0.355. The molecule has 0 saturated heterocycles. The van der Waals surface area contributed by atoms with Crippen molar-refractivity contribution >= 4 is 0 Å². The van der Waals surface area contributed by atoms with E-state index in [1.54, 1.807) is 27.2 Å². The molecule has 0 fully saturated rings. The second-order valence-corrected chi connectivity index (χ2v) is 3.64. The fraction of sp³-hybridized carbons (Fsp3) is 0.308. The standard InChI is InChI=1S/C13H14N4O2/c1-4-5-8-17-15-13(14-16-17)10-6-7-11(18-2)12(9-10)19-3/h6-7,9H,8H2,1-3H3. The van der Waals surface area contributed by atoms with Crippen LogP contribution in [0.15, 0.2) is 18.2 Å². The SMILES string of the molecule is CC#CCn1nnc(-c2ccc(OC)c(OC)c2)n1.